The first-order valence-corrected chi connectivity index (χ1v) is 12.4. The molecule has 0 spiro atoms. The number of nitrogens with zero attached hydrogens (tertiary/aromatic N) is 1. The molecule has 178 valence electrons. The number of hydrogen-bond donors (Lipinski definition) is 1. The average Bonchev–Trinajstić information content (AvgIpc) is 3.42. The molecule has 1 N–H and O–H groups in total. The van der Waals surface area contributed by atoms with E-state index in [0.717, 1.165) is 17.7 Å². The molecule has 0 saturated carbocycles. The molecule has 3 nitrogen and oxygen atoms in total. The summed E-state index contributed by atoms with van der Waals surface area (Å²) in [6.07, 6.45) is 7.57. The average molecular weight is 475 g/mol. The van der Waals surface area contributed by atoms with Gasteiger partial charge in [-0.2, -0.15) is 0 Å². The van der Waals surface area contributed by atoms with E-state index in [1.54, 1.807) is 18.3 Å². The highest BCUT2D eigenvalue weighted by Crippen LogP contribution is 2.49. The van der Waals surface area contributed by atoms with Crippen LogP contribution >= 0.6 is 0 Å². The topological polar surface area (TPSA) is 33.6 Å². The first-order valence-electron chi connectivity index (χ1n) is 12.4. The van der Waals surface area contributed by atoms with E-state index in [9.17, 15) is 4.39 Å². The second kappa shape index (κ2) is 9.82. The predicted molar refractivity (Wildman–Crippen MR) is 144 cm³/mol. The fourth-order valence-electron chi connectivity index (χ4n) is 5.27. The molecule has 36 heavy (non-hydrogen) atoms. The lowest BCUT2D eigenvalue weighted by atomic mass is 9.77. The van der Waals surface area contributed by atoms with Crippen LogP contribution in [0.5, 0.6) is 5.75 Å². The zero-order chi connectivity index (χ0) is 24.3. The quantitative estimate of drug-likeness (QED) is 0.227. The number of allylic oxidation sites excluding steroid dienone is 2. The van der Waals surface area contributed by atoms with Crippen LogP contribution in [0.15, 0.2) is 114 Å². The summed E-state index contributed by atoms with van der Waals surface area (Å²) in [5, 5.41) is 3.78. The van der Waals surface area contributed by atoms with Crippen LogP contribution in [0.3, 0.4) is 0 Å². The van der Waals surface area contributed by atoms with Gasteiger partial charge in [-0.05, 0) is 59.9 Å². The number of halogens is 1. The minimum atomic E-state index is -0.264. The largest absolute Gasteiger partial charge is 0.488 e. The lowest BCUT2D eigenvalue weighted by molar-refractivity contribution is 0.299. The Morgan fingerprint density at radius 3 is 2.56 bits per heavy atom. The molecule has 3 atom stereocenters. The predicted octanol–water partition coefficient (Wildman–Crippen LogP) is 7.98. The summed E-state index contributed by atoms with van der Waals surface area (Å²) >= 11 is 0. The minimum Gasteiger partial charge on any atom is -0.488 e. The van der Waals surface area contributed by atoms with Crippen molar-refractivity contribution in [2.45, 2.75) is 25.0 Å². The van der Waals surface area contributed by atoms with Crippen molar-refractivity contribution in [3.8, 4) is 5.75 Å². The SMILES string of the molecule is Fc1ccccc1COc1ccccc1C=Nc1ccc([C@@H]2Nc3ccccc3[C@@H]3C=CC[C@@H]32)cc1. The van der Waals surface area contributed by atoms with Crippen molar-refractivity contribution >= 4 is 17.6 Å². The molecular weight excluding hydrogens is 447 g/mol. The van der Waals surface area contributed by atoms with E-state index < -0.39 is 0 Å². The molecule has 0 bridgehead atoms. The zero-order valence-corrected chi connectivity index (χ0v) is 19.8. The van der Waals surface area contributed by atoms with Gasteiger partial charge in [0.1, 0.15) is 18.2 Å². The van der Waals surface area contributed by atoms with Gasteiger partial charge in [0.25, 0.3) is 0 Å². The molecule has 1 aliphatic carbocycles. The van der Waals surface area contributed by atoms with Gasteiger partial charge in [-0.1, -0.05) is 72.8 Å². The highest BCUT2D eigenvalue weighted by Gasteiger charge is 2.37. The van der Waals surface area contributed by atoms with Crippen molar-refractivity contribution in [3.05, 3.63) is 137 Å². The molecule has 4 aromatic rings. The van der Waals surface area contributed by atoms with Crippen molar-refractivity contribution in [2.24, 2.45) is 10.9 Å². The number of para-hydroxylation sites is 2. The first kappa shape index (κ1) is 22.3. The van der Waals surface area contributed by atoms with Gasteiger partial charge in [-0.3, -0.25) is 4.99 Å². The maximum atomic E-state index is 14.0. The first-order chi connectivity index (χ1) is 17.8. The third-order valence-corrected chi connectivity index (χ3v) is 7.14. The molecule has 4 aromatic carbocycles. The molecular formula is C32H27FN2O. The molecule has 0 radical (unpaired) electrons. The minimum absolute atomic E-state index is 0.167. The summed E-state index contributed by atoms with van der Waals surface area (Å²) in [4.78, 5) is 4.69. The third kappa shape index (κ3) is 4.42. The normalized spacial score (nSPS) is 20.1. The van der Waals surface area contributed by atoms with Crippen LogP contribution in [0.25, 0.3) is 0 Å². The fraction of sp³-hybridized carbons (Fsp3) is 0.156. The molecule has 0 saturated heterocycles. The Bertz CT molecular complexity index is 1430. The third-order valence-electron chi connectivity index (χ3n) is 7.14. The van der Waals surface area contributed by atoms with E-state index in [0.29, 0.717) is 23.1 Å². The molecule has 0 aromatic heterocycles. The lowest BCUT2D eigenvalue weighted by Gasteiger charge is -2.37. The molecule has 0 fully saturated rings. The van der Waals surface area contributed by atoms with E-state index >= 15 is 0 Å². The summed E-state index contributed by atoms with van der Waals surface area (Å²) in [6, 6.07) is 31.7. The van der Waals surface area contributed by atoms with Crippen LogP contribution in [0.1, 0.15) is 40.6 Å². The molecule has 1 aliphatic heterocycles. The monoisotopic (exact) mass is 474 g/mol. The Morgan fingerprint density at radius 2 is 1.67 bits per heavy atom. The number of aliphatic imine (C=N–C) groups is 1. The summed E-state index contributed by atoms with van der Waals surface area (Å²) < 4.78 is 19.9. The number of ether oxygens (including phenoxy) is 1. The van der Waals surface area contributed by atoms with Crippen molar-refractivity contribution in [1.29, 1.82) is 0 Å². The van der Waals surface area contributed by atoms with Crippen molar-refractivity contribution < 1.29 is 9.13 Å². The number of fused-ring (bicyclic) bond motifs is 3. The Hall–Kier alpha value is -4.18. The maximum Gasteiger partial charge on any atom is 0.129 e. The molecule has 2 aliphatic rings. The smallest absolute Gasteiger partial charge is 0.129 e. The van der Waals surface area contributed by atoms with E-state index in [2.05, 4.69) is 71.0 Å². The Morgan fingerprint density at radius 1 is 0.889 bits per heavy atom. The van der Waals surface area contributed by atoms with Gasteiger partial charge in [-0.25, -0.2) is 4.39 Å². The van der Waals surface area contributed by atoms with Crippen LogP contribution < -0.4 is 10.1 Å². The van der Waals surface area contributed by atoms with Crippen molar-refractivity contribution in [2.75, 3.05) is 5.32 Å². The number of rotatable bonds is 6. The van der Waals surface area contributed by atoms with Gasteiger partial charge >= 0.3 is 0 Å². The fourth-order valence-corrected chi connectivity index (χ4v) is 5.27. The van der Waals surface area contributed by atoms with Crippen molar-refractivity contribution in [1.82, 2.24) is 0 Å². The Labute approximate surface area is 211 Å². The summed E-state index contributed by atoms with van der Waals surface area (Å²) in [6.45, 7) is 0.167. The number of benzene rings is 4. The van der Waals surface area contributed by atoms with Crippen LogP contribution in [0.2, 0.25) is 0 Å². The Balaban J connectivity index is 1.18. The molecule has 0 amide bonds. The van der Waals surface area contributed by atoms with Crippen LogP contribution in [0, 0.1) is 11.7 Å². The van der Waals surface area contributed by atoms with Crippen molar-refractivity contribution in [3.63, 3.8) is 0 Å². The van der Waals surface area contributed by atoms with E-state index in [1.807, 2.05) is 30.3 Å². The van der Waals surface area contributed by atoms with Gasteiger partial charge in [0, 0.05) is 28.9 Å². The number of anilines is 1. The molecule has 0 unspecified atom stereocenters. The highest BCUT2D eigenvalue weighted by atomic mass is 19.1. The van der Waals surface area contributed by atoms with E-state index in [4.69, 9.17) is 4.74 Å². The van der Waals surface area contributed by atoms with Gasteiger partial charge in [0.15, 0.2) is 0 Å². The highest BCUT2D eigenvalue weighted by molar-refractivity contribution is 5.85. The van der Waals surface area contributed by atoms with Crippen LogP contribution in [-0.4, -0.2) is 6.21 Å². The summed E-state index contributed by atoms with van der Waals surface area (Å²) in [7, 11) is 0. The molecule has 1 heterocycles. The van der Waals surface area contributed by atoms with E-state index in [1.165, 1.54) is 22.9 Å². The van der Waals surface area contributed by atoms with Gasteiger partial charge < -0.3 is 10.1 Å². The number of nitrogens with one attached hydrogen (secondary N) is 1. The standard InChI is InChI=1S/C32H27FN2O/c33-29-13-4-1-9-24(29)21-36-31-15-6-2-8-23(31)20-34-25-18-16-22(17-19-25)32-28-12-7-11-26(28)27-10-3-5-14-30(27)35-32/h1-11,13-20,26,28,32,35H,12,21H2/t26-,28-,32-/m0/s1. The second-order valence-electron chi connectivity index (χ2n) is 9.33. The lowest BCUT2D eigenvalue weighted by Crippen LogP contribution is -2.28. The van der Waals surface area contributed by atoms with Gasteiger partial charge in [0.05, 0.1) is 11.7 Å². The molecule has 6 rings (SSSR count). The zero-order valence-electron chi connectivity index (χ0n) is 19.8. The van der Waals surface area contributed by atoms with Gasteiger partial charge in [0.2, 0.25) is 0 Å². The number of hydrogen-bond acceptors (Lipinski definition) is 3. The van der Waals surface area contributed by atoms with Crippen LogP contribution in [0.4, 0.5) is 15.8 Å². The maximum absolute atomic E-state index is 14.0. The Kier molecular flexibility index (Phi) is 6.08. The second-order valence-corrected chi connectivity index (χ2v) is 9.33. The van der Waals surface area contributed by atoms with Crippen LogP contribution in [-0.2, 0) is 6.61 Å². The van der Waals surface area contributed by atoms with E-state index in [-0.39, 0.29) is 18.5 Å². The molecule has 4 heteroatoms. The van der Waals surface area contributed by atoms with Gasteiger partial charge in [-0.15, -0.1) is 0 Å². The summed E-state index contributed by atoms with van der Waals surface area (Å²) in [5.74, 6) is 1.39. The summed E-state index contributed by atoms with van der Waals surface area (Å²) in [5.41, 5.74) is 6.14.